The van der Waals surface area contributed by atoms with Crippen LogP contribution < -0.4 is 0 Å². The van der Waals surface area contributed by atoms with Gasteiger partial charge in [-0.1, -0.05) is 6.92 Å². The molecule has 17 heavy (non-hydrogen) atoms. The molecule has 0 aromatic carbocycles. The fourth-order valence-electron chi connectivity index (χ4n) is 1.89. The van der Waals surface area contributed by atoms with Gasteiger partial charge in [0.1, 0.15) is 0 Å². The van der Waals surface area contributed by atoms with Crippen molar-refractivity contribution in [3.63, 3.8) is 0 Å². The Hall–Kier alpha value is -1.36. The predicted octanol–water partition coefficient (Wildman–Crippen LogP) is 2.08. The van der Waals surface area contributed by atoms with Crippen molar-refractivity contribution in [1.29, 1.82) is 0 Å². The number of carboxylic acids is 1. The Morgan fingerprint density at radius 3 is 2.88 bits per heavy atom. The van der Waals surface area contributed by atoms with E-state index in [1.807, 2.05) is 6.92 Å². The van der Waals surface area contributed by atoms with Crippen LogP contribution in [0, 0.1) is 5.92 Å². The highest BCUT2D eigenvalue weighted by atomic mass is 16.5. The predicted molar refractivity (Wildman–Crippen MR) is 60.2 cm³/mol. The molecular weight excluding hydrogens is 222 g/mol. The van der Waals surface area contributed by atoms with Crippen molar-refractivity contribution < 1.29 is 19.1 Å². The maximum Gasteiger partial charge on any atom is 0.373 e. The van der Waals surface area contributed by atoms with Crippen molar-refractivity contribution in [2.75, 3.05) is 13.7 Å². The number of nitrogens with zero attached hydrogens (tertiary/aromatic N) is 1. The van der Waals surface area contributed by atoms with Crippen LogP contribution in [0.15, 0.2) is 4.42 Å². The number of carbonyl (C=O) groups is 1. The molecule has 0 amide bonds. The number of carboxylic acid groups (broad SMARTS) is 1. The van der Waals surface area contributed by atoms with E-state index in [1.165, 1.54) is 0 Å². The molecule has 0 spiro atoms. The molecule has 1 atom stereocenters. The summed E-state index contributed by atoms with van der Waals surface area (Å²) in [5, 5.41) is 9.03. The standard InChI is InChI=1S/C12H17NO4/c1-7(6-16-2)5-9-13-10(8-3-4-8)11(17-9)12(14)15/h7-8H,3-6H2,1-2H3,(H,14,15). The molecule has 1 fully saturated rings. The van der Waals surface area contributed by atoms with Gasteiger partial charge < -0.3 is 14.3 Å². The molecule has 1 saturated carbocycles. The number of aromatic carboxylic acids is 1. The van der Waals surface area contributed by atoms with Gasteiger partial charge in [-0.05, 0) is 18.8 Å². The fraction of sp³-hybridized carbons (Fsp3) is 0.667. The Morgan fingerprint density at radius 2 is 2.35 bits per heavy atom. The molecule has 1 aliphatic carbocycles. The highest BCUT2D eigenvalue weighted by molar-refractivity contribution is 5.85. The van der Waals surface area contributed by atoms with E-state index in [1.54, 1.807) is 7.11 Å². The van der Waals surface area contributed by atoms with Crippen LogP contribution in [0.5, 0.6) is 0 Å². The summed E-state index contributed by atoms with van der Waals surface area (Å²) in [6.07, 6.45) is 2.64. The van der Waals surface area contributed by atoms with Gasteiger partial charge in [0.05, 0.1) is 5.69 Å². The lowest BCUT2D eigenvalue weighted by Crippen LogP contribution is -2.07. The summed E-state index contributed by atoms with van der Waals surface area (Å²) in [5.41, 5.74) is 0.622. The third-order valence-corrected chi connectivity index (χ3v) is 2.83. The molecule has 1 aromatic rings. The molecule has 1 unspecified atom stereocenters. The lowest BCUT2D eigenvalue weighted by Gasteiger charge is -2.05. The van der Waals surface area contributed by atoms with Gasteiger partial charge in [0.15, 0.2) is 5.89 Å². The summed E-state index contributed by atoms with van der Waals surface area (Å²) in [5.74, 6) is 0.0645. The average Bonchev–Trinajstić information content (AvgIpc) is 3.01. The molecule has 1 aliphatic rings. The SMILES string of the molecule is COCC(C)Cc1nc(C2CC2)c(C(=O)O)o1. The number of hydrogen-bond donors (Lipinski definition) is 1. The zero-order valence-electron chi connectivity index (χ0n) is 10.1. The van der Waals surface area contributed by atoms with Gasteiger partial charge in [-0.3, -0.25) is 0 Å². The smallest absolute Gasteiger partial charge is 0.373 e. The van der Waals surface area contributed by atoms with Crippen molar-refractivity contribution in [1.82, 2.24) is 4.98 Å². The number of hydrogen-bond acceptors (Lipinski definition) is 4. The average molecular weight is 239 g/mol. The lowest BCUT2D eigenvalue weighted by atomic mass is 10.1. The number of ether oxygens (including phenoxy) is 1. The van der Waals surface area contributed by atoms with Gasteiger partial charge in [-0.25, -0.2) is 9.78 Å². The van der Waals surface area contributed by atoms with Crippen molar-refractivity contribution in [2.24, 2.45) is 5.92 Å². The Labute approximate surface area is 99.8 Å². The van der Waals surface area contributed by atoms with E-state index in [9.17, 15) is 4.79 Å². The molecular formula is C12H17NO4. The van der Waals surface area contributed by atoms with Crippen LogP contribution in [-0.2, 0) is 11.2 Å². The minimum atomic E-state index is -1.02. The van der Waals surface area contributed by atoms with Crippen molar-refractivity contribution in [3.05, 3.63) is 17.3 Å². The highest BCUT2D eigenvalue weighted by Crippen LogP contribution is 2.41. The molecule has 94 valence electrons. The molecule has 5 heteroatoms. The van der Waals surface area contributed by atoms with Crippen molar-refractivity contribution in [2.45, 2.75) is 32.1 Å². The Kier molecular flexibility index (Phi) is 3.47. The second-order valence-corrected chi connectivity index (χ2v) is 4.67. The van der Waals surface area contributed by atoms with Crippen LogP contribution in [0.2, 0.25) is 0 Å². The van der Waals surface area contributed by atoms with E-state index in [2.05, 4.69) is 4.98 Å². The molecule has 0 bridgehead atoms. The van der Waals surface area contributed by atoms with Crippen molar-refractivity contribution in [3.8, 4) is 0 Å². The summed E-state index contributed by atoms with van der Waals surface area (Å²) in [6.45, 7) is 2.63. The number of rotatable bonds is 6. The zero-order chi connectivity index (χ0) is 12.4. The fourth-order valence-corrected chi connectivity index (χ4v) is 1.89. The highest BCUT2D eigenvalue weighted by Gasteiger charge is 2.33. The van der Waals surface area contributed by atoms with E-state index in [0.29, 0.717) is 24.6 Å². The molecule has 5 nitrogen and oxygen atoms in total. The summed E-state index contributed by atoms with van der Waals surface area (Å²) in [4.78, 5) is 15.3. The Bertz CT molecular complexity index is 409. The second kappa shape index (κ2) is 4.87. The summed E-state index contributed by atoms with van der Waals surface area (Å²) >= 11 is 0. The van der Waals surface area contributed by atoms with Crippen LogP contribution in [-0.4, -0.2) is 29.8 Å². The van der Waals surface area contributed by atoms with Crippen LogP contribution in [0.25, 0.3) is 0 Å². The first-order valence-corrected chi connectivity index (χ1v) is 5.83. The molecule has 0 aliphatic heterocycles. The van der Waals surface area contributed by atoms with E-state index < -0.39 is 5.97 Å². The lowest BCUT2D eigenvalue weighted by molar-refractivity contribution is 0.0657. The molecule has 1 N–H and O–H groups in total. The Balaban J connectivity index is 2.12. The Morgan fingerprint density at radius 1 is 1.65 bits per heavy atom. The normalized spacial score (nSPS) is 17.1. The monoisotopic (exact) mass is 239 g/mol. The minimum absolute atomic E-state index is 0.0205. The van der Waals surface area contributed by atoms with Gasteiger partial charge in [-0.15, -0.1) is 0 Å². The third-order valence-electron chi connectivity index (χ3n) is 2.83. The van der Waals surface area contributed by atoms with Crippen LogP contribution in [0.4, 0.5) is 0 Å². The van der Waals surface area contributed by atoms with Crippen LogP contribution >= 0.6 is 0 Å². The number of oxazole rings is 1. The minimum Gasteiger partial charge on any atom is -0.475 e. The zero-order valence-corrected chi connectivity index (χ0v) is 10.1. The topological polar surface area (TPSA) is 72.6 Å². The van der Waals surface area contributed by atoms with E-state index >= 15 is 0 Å². The van der Waals surface area contributed by atoms with Gasteiger partial charge in [0.25, 0.3) is 0 Å². The summed E-state index contributed by atoms with van der Waals surface area (Å²) in [6, 6.07) is 0. The molecule has 2 rings (SSSR count). The van der Waals surface area contributed by atoms with Crippen LogP contribution in [0.3, 0.4) is 0 Å². The maximum atomic E-state index is 11.0. The first-order chi connectivity index (χ1) is 8.11. The molecule has 0 saturated heterocycles. The van der Waals surface area contributed by atoms with Crippen molar-refractivity contribution >= 4 is 5.97 Å². The van der Waals surface area contributed by atoms with E-state index in [4.69, 9.17) is 14.3 Å². The number of methoxy groups -OCH3 is 1. The summed E-state index contributed by atoms with van der Waals surface area (Å²) in [7, 11) is 1.64. The maximum absolute atomic E-state index is 11.0. The van der Waals surface area contributed by atoms with E-state index in [0.717, 1.165) is 12.8 Å². The summed E-state index contributed by atoms with van der Waals surface area (Å²) < 4.78 is 10.4. The number of aromatic nitrogens is 1. The van der Waals surface area contributed by atoms with Gasteiger partial charge in [0.2, 0.25) is 5.76 Å². The third kappa shape index (κ3) is 2.85. The van der Waals surface area contributed by atoms with Gasteiger partial charge in [0, 0.05) is 26.1 Å². The first kappa shape index (κ1) is 12.1. The molecule has 1 heterocycles. The van der Waals surface area contributed by atoms with Gasteiger partial charge >= 0.3 is 5.97 Å². The van der Waals surface area contributed by atoms with Gasteiger partial charge in [-0.2, -0.15) is 0 Å². The first-order valence-electron chi connectivity index (χ1n) is 5.83. The van der Waals surface area contributed by atoms with Crippen LogP contribution in [0.1, 0.15) is 47.8 Å². The second-order valence-electron chi connectivity index (χ2n) is 4.67. The molecule has 1 aromatic heterocycles. The molecule has 0 radical (unpaired) electrons. The quantitative estimate of drug-likeness (QED) is 0.822. The van der Waals surface area contributed by atoms with E-state index in [-0.39, 0.29) is 17.6 Å². The largest absolute Gasteiger partial charge is 0.475 e.